The molecule has 1 rings (SSSR count). The van der Waals surface area contributed by atoms with Crippen molar-refractivity contribution >= 4 is 34.8 Å². The summed E-state index contributed by atoms with van der Waals surface area (Å²) in [5.41, 5.74) is 0.253. The first kappa shape index (κ1) is 10.1. The number of carbonyl (C=O) groups is 1. The highest BCUT2D eigenvalue weighted by molar-refractivity contribution is 6.39. The van der Waals surface area contributed by atoms with E-state index in [0.717, 1.165) is 12.4 Å². The molecule has 1 aromatic heterocycles. The molecule has 70 valence electrons. The molecule has 0 radical (unpaired) electrons. The Kier molecular flexibility index (Phi) is 2.95. The van der Waals surface area contributed by atoms with E-state index in [1.165, 1.54) is 6.92 Å². The largest absolute Gasteiger partial charge is 0.619 e. The molecule has 0 saturated heterocycles. The minimum Gasteiger partial charge on any atom is -0.619 e. The van der Waals surface area contributed by atoms with Crippen molar-refractivity contribution in [2.75, 3.05) is 5.32 Å². The Labute approximate surface area is 84.7 Å². The molecule has 0 aliphatic heterocycles. The smallest absolute Gasteiger partial charge is 0.221 e. The fourth-order valence-electron chi connectivity index (χ4n) is 0.799. The van der Waals surface area contributed by atoms with Crippen LogP contribution in [0.2, 0.25) is 10.0 Å². The van der Waals surface area contributed by atoms with Gasteiger partial charge >= 0.3 is 0 Å². The maximum absolute atomic E-state index is 10.8. The van der Waals surface area contributed by atoms with Crippen molar-refractivity contribution in [1.29, 1.82) is 0 Å². The molecule has 0 spiro atoms. The molecule has 1 N–H and O–H groups in total. The SMILES string of the molecule is CC(=O)Nc1c(Cl)c[n+]([O-])cc1Cl. The fraction of sp³-hybridized carbons (Fsp3) is 0.143. The molecular weight excluding hydrogens is 215 g/mol. The van der Waals surface area contributed by atoms with Gasteiger partial charge in [0.1, 0.15) is 10.0 Å². The third-order valence-corrected chi connectivity index (χ3v) is 1.83. The Balaban J connectivity index is 3.13. The van der Waals surface area contributed by atoms with Gasteiger partial charge < -0.3 is 10.5 Å². The Morgan fingerprint density at radius 1 is 1.46 bits per heavy atom. The van der Waals surface area contributed by atoms with Crippen LogP contribution in [0.5, 0.6) is 0 Å². The van der Waals surface area contributed by atoms with Crippen LogP contribution >= 0.6 is 23.2 Å². The highest BCUT2D eigenvalue weighted by Crippen LogP contribution is 2.27. The summed E-state index contributed by atoms with van der Waals surface area (Å²) in [6.07, 6.45) is 2.22. The Bertz CT molecular complexity index is 331. The van der Waals surface area contributed by atoms with Crippen molar-refractivity contribution in [3.63, 3.8) is 0 Å². The van der Waals surface area contributed by atoms with Crippen LogP contribution in [-0.2, 0) is 4.79 Å². The van der Waals surface area contributed by atoms with Crippen LogP contribution < -0.4 is 10.0 Å². The van der Waals surface area contributed by atoms with E-state index in [2.05, 4.69) is 5.32 Å². The van der Waals surface area contributed by atoms with Gasteiger partial charge in [-0.05, 0) is 0 Å². The standard InChI is InChI=1S/C7H6Cl2N2O2/c1-4(12)10-7-5(8)2-11(13)3-6(7)9/h2-3H,1H3,(H,10,12). The van der Waals surface area contributed by atoms with Crippen molar-refractivity contribution in [3.05, 3.63) is 27.6 Å². The number of halogens is 2. The zero-order valence-corrected chi connectivity index (χ0v) is 8.19. The maximum atomic E-state index is 10.8. The molecule has 0 unspecified atom stereocenters. The predicted octanol–water partition coefficient (Wildman–Crippen LogP) is 1.59. The number of hydrogen-bond donors (Lipinski definition) is 1. The van der Waals surface area contributed by atoms with Crippen LogP contribution in [0, 0.1) is 5.21 Å². The van der Waals surface area contributed by atoms with E-state index in [4.69, 9.17) is 23.2 Å². The number of hydrogen-bond acceptors (Lipinski definition) is 2. The second-order valence-corrected chi connectivity index (χ2v) is 3.18. The van der Waals surface area contributed by atoms with Crippen molar-refractivity contribution in [2.24, 2.45) is 0 Å². The van der Waals surface area contributed by atoms with Gasteiger partial charge in [0.05, 0.1) is 5.69 Å². The lowest BCUT2D eigenvalue weighted by atomic mass is 10.4. The van der Waals surface area contributed by atoms with E-state index in [0.29, 0.717) is 4.73 Å². The number of anilines is 1. The predicted molar refractivity (Wildman–Crippen MR) is 49.7 cm³/mol. The van der Waals surface area contributed by atoms with E-state index in [9.17, 15) is 10.0 Å². The highest BCUT2D eigenvalue weighted by Gasteiger charge is 2.11. The molecule has 0 aliphatic carbocycles. The Hall–Kier alpha value is -1.00. The van der Waals surface area contributed by atoms with Crippen molar-refractivity contribution < 1.29 is 9.52 Å². The second-order valence-electron chi connectivity index (χ2n) is 2.37. The summed E-state index contributed by atoms with van der Waals surface area (Å²) in [4.78, 5) is 10.7. The van der Waals surface area contributed by atoms with Gasteiger partial charge in [-0.3, -0.25) is 4.79 Å². The number of carbonyl (C=O) groups excluding carboxylic acids is 1. The summed E-state index contributed by atoms with van der Waals surface area (Å²) >= 11 is 11.3. The molecule has 13 heavy (non-hydrogen) atoms. The molecule has 1 amide bonds. The minimum atomic E-state index is -0.299. The first-order chi connectivity index (χ1) is 6.00. The van der Waals surface area contributed by atoms with Gasteiger partial charge in [0.15, 0.2) is 0 Å². The third-order valence-electron chi connectivity index (χ3n) is 1.26. The highest BCUT2D eigenvalue weighted by atomic mass is 35.5. The monoisotopic (exact) mass is 220 g/mol. The molecule has 0 bridgehead atoms. The van der Waals surface area contributed by atoms with Gasteiger partial charge in [0, 0.05) is 6.92 Å². The number of aromatic nitrogens is 1. The van der Waals surface area contributed by atoms with Crippen LogP contribution in [-0.4, -0.2) is 5.91 Å². The van der Waals surface area contributed by atoms with E-state index in [-0.39, 0.29) is 21.6 Å². The van der Waals surface area contributed by atoms with Crippen LogP contribution in [0.25, 0.3) is 0 Å². The molecule has 0 atom stereocenters. The van der Waals surface area contributed by atoms with Crippen molar-refractivity contribution in [2.45, 2.75) is 6.92 Å². The van der Waals surface area contributed by atoms with E-state index < -0.39 is 0 Å². The number of rotatable bonds is 1. The Morgan fingerprint density at radius 3 is 2.31 bits per heavy atom. The Morgan fingerprint density at radius 2 is 1.92 bits per heavy atom. The normalized spacial score (nSPS) is 9.77. The van der Waals surface area contributed by atoms with Gasteiger partial charge in [-0.15, -0.1) is 0 Å². The third kappa shape index (κ3) is 2.47. The van der Waals surface area contributed by atoms with Crippen molar-refractivity contribution in [3.8, 4) is 0 Å². The zero-order chi connectivity index (χ0) is 10.0. The topological polar surface area (TPSA) is 56.0 Å². The lowest BCUT2D eigenvalue weighted by Crippen LogP contribution is -2.25. The van der Waals surface area contributed by atoms with Gasteiger partial charge in [-0.25, -0.2) is 0 Å². The lowest BCUT2D eigenvalue weighted by Gasteiger charge is -2.06. The van der Waals surface area contributed by atoms with Crippen LogP contribution in [0.15, 0.2) is 12.4 Å². The summed E-state index contributed by atoms with van der Waals surface area (Å²) in [6.45, 7) is 1.32. The molecule has 4 nitrogen and oxygen atoms in total. The first-order valence-electron chi connectivity index (χ1n) is 3.36. The number of amides is 1. The molecule has 0 aliphatic rings. The van der Waals surface area contributed by atoms with E-state index in [1.54, 1.807) is 0 Å². The molecule has 0 fully saturated rings. The zero-order valence-electron chi connectivity index (χ0n) is 6.67. The van der Waals surface area contributed by atoms with Crippen molar-refractivity contribution in [1.82, 2.24) is 0 Å². The summed E-state index contributed by atoms with van der Waals surface area (Å²) in [6, 6.07) is 0. The number of nitrogens with one attached hydrogen (secondary N) is 1. The molecule has 0 saturated carbocycles. The van der Waals surface area contributed by atoms with Crippen LogP contribution in [0.4, 0.5) is 5.69 Å². The fourth-order valence-corrected chi connectivity index (χ4v) is 1.34. The summed E-state index contributed by atoms with van der Waals surface area (Å²) in [7, 11) is 0. The molecular formula is C7H6Cl2N2O2. The molecule has 1 aromatic rings. The lowest BCUT2D eigenvalue weighted by molar-refractivity contribution is -0.605. The summed E-state index contributed by atoms with van der Waals surface area (Å²) in [5.74, 6) is -0.299. The van der Waals surface area contributed by atoms with Gasteiger partial charge in [-0.2, -0.15) is 4.73 Å². The first-order valence-corrected chi connectivity index (χ1v) is 4.11. The molecule has 1 heterocycles. The average Bonchev–Trinajstić information content (AvgIpc) is 1.96. The van der Waals surface area contributed by atoms with Crippen LogP contribution in [0.3, 0.4) is 0 Å². The molecule has 0 aromatic carbocycles. The maximum Gasteiger partial charge on any atom is 0.221 e. The minimum absolute atomic E-state index is 0.109. The van der Waals surface area contributed by atoms with E-state index in [1.807, 2.05) is 0 Å². The van der Waals surface area contributed by atoms with E-state index >= 15 is 0 Å². The molecule has 6 heteroatoms. The average molecular weight is 221 g/mol. The quantitative estimate of drug-likeness (QED) is 0.578. The van der Waals surface area contributed by atoms with Gasteiger partial charge in [-0.1, -0.05) is 23.2 Å². The van der Waals surface area contributed by atoms with Gasteiger partial charge in [0.2, 0.25) is 18.3 Å². The summed E-state index contributed by atoms with van der Waals surface area (Å²) < 4.78 is 0.468. The number of pyridine rings is 1. The van der Waals surface area contributed by atoms with Crippen LogP contribution in [0.1, 0.15) is 6.92 Å². The number of nitrogens with zero attached hydrogens (tertiary/aromatic N) is 1. The summed E-state index contributed by atoms with van der Waals surface area (Å²) in [5, 5.41) is 13.4. The van der Waals surface area contributed by atoms with Gasteiger partial charge in [0.25, 0.3) is 0 Å². The second kappa shape index (κ2) is 3.81.